The Morgan fingerprint density at radius 1 is 1.57 bits per heavy atom. The molecule has 23 heavy (non-hydrogen) atoms. The fraction of sp³-hybridized carbons (Fsp3) is 0.500. The van der Waals surface area contributed by atoms with Crippen LogP contribution < -0.4 is 4.52 Å². The van der Waals surface area contributed by atoms with Crippen LogP contribution >= 0.6 is 7.82 Å². The standard InChI is InChI=1S/C14H15BNO6P/c1-14(8-16)12(17)11(21-13(14)15)7-20-23(18)19-6-9-4-2-3-5-10(9)22-23/h2-5,11-13,17H,6-7H2,1H3/t11-,12-,13-,14-,23?/m1/s1. The molecule has 5 atom stereocenters. The maximum atomic E-state index is 12.5. The van der Waals surface area contributed by atoms with E-state index in [-0.39, 0.29) is 13.2 Å². The highest BCUT2D eigenvalue weighted by Gasteiger charge is 2.51. The van der Waals surface area contributed by atoms with Crippen LogP contribution in [0.4, 0.5) is 0 Å². The van der Waals surface area contributed by atoms with Crippen molar-refractivity contribution in [2.75, 3.05) is 6.61 Å². The number of nitriles is 1. The van der Waals surface area contributed by atoms with Crippen LogP contribution in [-0.4, -0.2) is 37.8 Å². The van der Waals surface area contributed by atoms with Crippen LogP contribution in [0.3, 0.4) is 0 Å². The lowest BCUT2D eigenvalue weighted by Crippen LogP contribution is -2.38. The zero-order chi connectivity index (χ0) is 16.7. The lowest BCUT2D eigenvalue weighted by atomic mass is 9.73. The Morgan fingerprint density at radius 3 is 3.00 bits per heavy atom. The summed E-state index contributed by atoms with van der Waals surface area (Å²) in [5.74, 6) is 0.425. The minimum atomic E-state index is -3.81. The normalized spacial score (nSPS) is 39.3. The van der Waals surface area contributed by atoms with Gasteiger partial charge < -0.3 is 14.4 Å². The molecule has 2 aliphatic heterocycles. The lowest BCUT2D eigenvalue weighted by molar-refractivity contribution is -0.00957. The zero-order valence-corrected chi connectivity index (χ0v) is 13.3. The topological polar surface area (TPSA) is 98.0 Å². The highest BCUT2D eigenvalue weighted by atomic mass is 31.2. The number of hydrogen-bond acceptors (Lipinski definition) is 7. The molecule has 3 rings (SSSR count). The summed E-state index contributed by atoms with van der Waals surface area (Å²) in [6.07, 6.45) is -2.07. The van der Waals surface area contributed by atoms with Gasteiger partial charge in [0, 0.05) is 11.6 Å². The Labute approximate surface area is 135 Å². The predicted octanol–water partition coefficient (Wildman–Crippen LogP) is 1.50. The van der Waals surface area contributed by atoms with Gasteiger partial charge in [-0.05, 0) is 13.0 Å². The van der Waals surface area contributed by atoms with Crippen molar-refractivity contribution in [1.29, 1.82) is 5.26 Å². The van der Waals surface area contributed by atoms with Gasteiger partial charge in [0.15, 0.2) is 0 Å². The summed E-state index contributed by atoms with van der Waals surface area (Å²) in [5, 5.41) is 19.3. The van der Waals surface area contributed by atoms with E-state index in [1.165, 1.54) is 6.92 Å². The molecule has 1 unspecified atom stereocenters. The second kappa shape index (κ2) is 5.93. The number of para-hydroxylation sites is 1. The van der Waals surface area contributed by atoms with Crippen LogP contribution in [0.2, 0.25) is 0 Å². The van der Waals surface area contributed by atoms with Crippen molar-refractivity contribution in [2.45, 2.75) is 31.7 Å². The maximum absolute atomic E-state index is 12.5. The molecule has 1 aromatic carbocycles. The van der Waals surface area contributed by atoms with Crippen molar-refractivity contribution in [3.63, 3.8) is 0 Å². The molecule has 1 saturated heterocycles. The SMILES string of the molecule is [B][C@@H]1O[C@H](COP2(=O)OCc3ccccc3O2)[C@@H](O)[C@@]1(C)C#N. The van der Waals surface area contributed by atoms with E-state index < -0.39 is 31.4 Å². The molecule has 7 nitrogen and oxygen atoms in total. The van der Waals surface area contributed by atoms with Crippen molar-refractivity contribution < 1.29 is 28.0 Å². The molecule has 1 aromatic rings. The summed E-state index contributed by atoms with van der Waals surface area (Å²) >= 11 is 0. The third-order valence-electron chi connectivity index (χ3n) is 4.08. The molecule has 120 valence electrons. The predicted molar refractivity (Wildman–Crippen MR) is 79.6 cm³/mol. The first-order valence-corrected chi connectivity index (χ1v) is 8.51. The first-order chi connectivity index (χ1) is 10.9. The van der Waals surface area contributed by atoms with Crippen molar-refractivity contribution in [3.05, 3.63) is 29.8 Å². The van der Waals surface area contributed by atoms with Crippen molar-refractivity contribution in [3.8, 4) is 11.8 Å². The summed E-state index contributed by atoms with van der Waals surface area (Å²) in [6, 6.07) is 7.99. The molecule has 1 fully saturated rings. The number of fused-ring (bicyclic) bond motifs is 1. The number of benzene rings is 1. The van der Waals surface area contributed by atoms with Crippen LogP contribution in [0.5, 0.6) is 5.75 Å². The Hall–Kier alpha value is -1.36. The number of aliphatic hydroxyl groups is 1. The number of nitrogens with zero attached hydrogens (tertiary/aromatic N) is 1. The molecule has 2 heterocycles. The molecule has 2 radical (unpaired) electrons. The molecule has 0 aromatic heterocycles. The van der Waals surface area contributed by atoms with E-state index in [0.29, 0.717) is 5.75 Å². The van der Waals surface area contributed by atoms with Gasteiger partial charge in [-0.3, -0.25) is 9.05 Å². The van der Waals surface area contributed by atoms with Gasteiger partial charge in [-0.2, -0.15) is 5.26 Å². The fourth-order valence-electron chi connectivity index (χ4n) is 2.45. The van der Waals surface area contributed by atoms with Crippen LogP contribution in [0.1, 0.15) is 12.5 Å². The molecule has 0 saturated carbocycles. The Bertz CT molecular complexity index is 694. The summed E-state index contributed by atoms with van der Waals surface area (Å²) in [6.45, 7) is 1.32. The minimum Gasteiger partial charge on any atom is -0.404 e. The van der Waals surface area contributed by atoms with Gasteiger partial charge in [-0.1, -0.05) is 18.2 Å². The average Bonchev–Trinajstić information content (AvgIpc) is 2.77. The fourth-order valence-corrected chi connectivity index (χ4v) is 3.68. The Morgan fingerprint density at radius 2 is 2.30 bits per heavy atom. The van der Waals surface area contributed by atoms with Gasteiger partial charge in [0.1, 0.15) is 31.2 Å². The molecule has 0 bridgehead atoms. The molecular weight excluding hydrogens is 320 g/mol. The van der Waals surface area contributed by atoms with Crippen LogP contribution in [0.15, 0.2) is 24.3 Å². The monoisotopic (exact) mass is 335 g/mol. The van der Waals surface area contributed by atoms with Crippen molar-refractivity contribution in [1.82, 2.24) is 0 Å². The molecular formula is C14H15BNO6P. The van der Waals surface area contributed by atoms with Gasteiger partial charge in [0.05, 0.1) is 19.3 Å². The van der Waals surface area contributed by atoms with E-state index in [1.54, 1.807) is 18.2 Å². The number of ether oxygens (including phenoxy) is 1. The summed E-state index contributed by atoms with van der Waals surface area (Å²) in [5.41, 5.74) is -0.498. The molecule has 0 spiro atoms. The molecule has 9 heteroatoms. The number of rotatable bonds is 3. The van der Waals surface area contributed by atoms with Gasteiger partial charge in [0.2, 0.25) is 0 Å². The van der Waals surface area contributed by atoms with E-state index in [2.05, 4.69) is 0 Å². The summed E-state index contributed by atoms with van der Waals surface area (Å²) < 4.78 is 33.5. The smallest absolute Gasteiger partial charge is 0.404 e. The number of phosphoric ester groups is 1. The van der Waals surface area contributed by atoms with E-state index in [0.717, 1.165) is 5.56 Å². The summed E-state index contributed by atoms with van der Waals surface area (Å²) in [4.78, 5) is 0. The quantitative estimate of drug-likeness (QED) is 0.660. The second-order valence-corrected chi connectivity index (χ2v) is 7.24. The van der Waals surface area contributed by atoms with E-state index in [9.17, 15) is 9.67 Å². The molecule has 1 N–H and O–H groups in total. The molecule has 0 amide bonds. The Kier molecular flexibility index (Phi) is 4.26. The van der Waals surface area contributed by atoms with Gasteiger partial charge >= 0.3 is 7.82 Å². The van der Waals surface area contributed by atoms with Crippen molar-refractivity contribution in [2.24, 2.45) is 5.41 Å². The first kappa shape index (κ1) is 16.5. The van der Waals surface area contributed by atoms with Crippen LogP contribution in [-0.2, 0) is 25.0 Å². The highest BCUT2D eigenvalue weighted by molar-refractivity contribution is 7.49. The van der Waals surface area contributed by atoms with Crippen LogP contribution in [0.25, 0.3) is 0 Å². The van der Waals surface area contributed by atoms with E-state index in [4.69, 9.17) is 31.4 Å². The molecule has 2 aliphatic rings. The van der Waals surface area contributed by atoms with Gasteiger partial charge in [-0.15, -0.1) is 0 Å². The second-order valence-electron chi connectivity index (χ2n) is 5.65. The lowest BCUT2D eigenvalue weighted by Gasteiger charge is -2.26. The maximum Gasteiger partial charge on any atom is 0.530 e. The Balaban J connectivity index is 1.66. The summed E-state index contributed by atoms with van der Waals surface area (Å²) in [7, 11) is 1.91. The number of phosphoric acid groups is 1. The molecule has 0 aliphatic carbocycles. The van der Waals surface area contributed by atoms with Gasteiger partial charge in [0.25, 0.3) is 0 Å². The largest absolute Gasteiger partial charge is 0.530 e. The average molecular weight is 335 g/mol. The van der Waals surface area contributed by atoms with E-state index >= 15 is 0 Å². The van der Waals surface area contributed by atoms with Gasteiger partial charge in [-0.25, -0.2) is 4.57 Å². The van der Waals surface area contributed by atoms with E-state index in [1.807, 2.05) is 12.1 Å². The third-order valence-corrected chi connectivity index (χ3v) is 5.41. The third kappa shape index (κ3) is 2.91. The number of aliphatic hydroxyl groups excluding tert-OH is 1. The first-order valence-electron chi connectivity index (χ1n) is 7.05. The van der Waals surface area contributed by atoms with Crippen LogP contribution in [0, 0.1) is 16.7 Å². The van der Waals surface area contributed by atoms with Crippen molar-refractivity contribution >= 4 is 15.7 Å². The zero-order valence-electron chi connectivity index (χ0n) is 12.4. The number of hydrogen-bond donors (Lipinski definition) is 1. The minimum absolute atomic E-state index is 0.0942. The highest BCUT2D eigenvalue weighted by Crippen LogP contribution is 2.54.